The molecule has 0 bridgehead atoms. The maximum absolute atomic E-state index is 13.1. The largest absolute Gasteiger partial charge is 0.369 e. The Morgan fingerprint density at radius 1 is 1.25 bits per heavy atom. The van der Waals surface area contributed by atoms with Gasteiger partial charge in [-0.2, -0.15) is 4.31 Å². The van der Waals surface area contributed by atoms with Crippen molar-refractivity contribution in [1.82, 2.24) is 9.62 Å². The minimum absolute atomic E-state index is 0.00797. The maximum Gasteiger partial charge on any atom is 0.262 e. The molecule has 9 heteroatoms. The topological polar surface area (TPSA) is 69.7 Å². The lowest BCUT2D eigenvalue weighted by Gasteiger charge is -2.35. The van der Waals surface area contributed by atoms with Crippen LogP contribution in [0.3, 0.4) is 0 Å². The predicted octanol–water partition coefficient (Wildman–Crippen LogP) is 3.44. The van der Waals surface area contributed by atoms with Crippen molar-refractivity contribution in [3.8, 4) is 0 Å². The first kappa shape index (κ1) is 21.1. The van der Waals surface area contributed by atoms with E-state index in [9.17, 15) is 13.2 Å². The molecule has 0 spiro atoms. The molecular weight excluding hydrogens is 418 g/mol. The summed E-state index contributed by atoms with van der Waals surface area (Å²) in [6, 6.07) is 9.05. The highest BCUT2D eigenvalue weighted by molar-refractivity contribution is 7.89. The van der Waals surface area contributed by atoms with E-state index in [1.165, 1.54) is 10.4 Å². The van der Waals surface area contributed by atoms with Crippen molar-refractivity contribution in [2.45, 2.75) is 31.2 Å². The van der Waals surface area contributed by atoms with Crippen LogP contribution in [-0.2, 0) is 10.0 Å². The van der Waals surface area contributed by atoms with Crippen LogP contribution in [-0.4, -0.2) is 50.9 Å². The van der Waals surface area contributed by atoms with Crippen molar-refractivity contribution in [2.75, 3.05) is 31.1 Å². The number of sulfonamides is 1. The summed E-state index contributed by atoms with van der Waals surface area (Å²) in [6.45, 7) is 5.72. The third kappa shape index (κ3) is 4.51. The van der Waals surface area contributed by atoms with E-state index >= 15 is 0 Å². The van der Waals surface area contributed by atoms with Crippen LogP contribution >= 0.6 is 22.9 Å². The van der Waals surface area contributed by atoms with E-state index in [1.807, 2.05) is 38.1 Å². The molecule has 1 fully saturated rings. The van der Waals surface area contributed by atoms with Gasteiger partial charge in [-0.15, -0.1) is 11.3 Å². The number of hydrogen-bond acceptors (Lipinski definition) is 5. The number of hydrogen-bond donors (Lipinski definition) is 1. The van der Waals surface area contributed by atoms with Gasteiger partial charge in [0.2, 0.25) is 10.0 Å². The average Bonchev–Trinajstić information content (AvgIpc) is 3.19. The number of nitrogens with one attached hydrogen (secondary N) is 1. The third-order valence-corrected chi connectivity index (χ3v) is 8.07. The molecule has 2 aromatic rings. The highest BCUT2D eigenvalue weighted by atomic mass is 35.5. The van der Waals surface area contributed by atoms with E-state index in [-0.39, 0.29) is 21.7 Å². The lowest BCUT2D eigenvalue weighted by atomic mass is 10.2. The second-order valence-electron chi connectivity index (χ2n) is 6.77. The number of rotatable bonds is 6. The molecule has 1 aliphatic rings. The van der Waals surface area contributed by atoms with Gasteiger partial charge in [-0.05, 0) is 43.0 Å². The number of thiophene rings is 1. The standard InChI is InChI=1S/C19H24ClN3O3S2/c1-3-14(2)21-19(24)18-17(7-12-27-18)28(25,26)23-10-8-22(9-11-23)16-6-4-5-15(20)13-16/h4-7,12-14H,3,8-11H2,1-2H3,(H,21,24)/t14-/m1/s1. The first-order chi connectivity index (χ1) is 13.3. The van der Waals surface area contributed by atoms with Crippen LogP contribution in [0.1, 0.15) is 29.9 Å². The number of piperazine rings is 1. The van der Waals surface area contributed by atoms with E-state index < -0.39 is 10.0 Å². The summed E-state index contributed by atoms with van der Waals surface area (Å²) in [5.74, 6) is -0.333. The van der Waals surface area contributed by atoms with Crippen molar-refractivity contribution < 1.29 is 13.2 Å². The van der Waals surface area contributed by atoms with Crippen LogP contribution in [0.15, 0.2) is 40.6 Å². The van der Waals surface area contributed by atoms with Gasteiger partial charge in [0, 0.05) is 42.9 Å². The normalized spacial score (nSPS) is 16.8. The van der Waals surface area contributed by atoms with Crippen LogP contribution in [0.25, 0.3) is 0 Å². The monoisotopic (exact) mass is 441 g/mol. The SMILES string of the molecule is CC[C@@H](C)NC(=O)c1sccc1S(=O)(=O)N1CCN(c2cccc(Cl)c2)CC1. The number of amides is 1. The molecule has 1 saturated heterocycles. The third-order valence-electron chi connectivity index (χ3n) is 4.86. The molecule has 1 aliphatic heterocycles. The van der Waals surface area contributed by atoms with Gasteiger partial charge in [0.1, 0.15) is 9.77 Å². The fraction of sp³-hybridized carbons (Fsp3) is 0.421. The molecule has 0 unspecified atom stereocenters. The number of benzene rings is 1. The summed E-state index contributed by atoms with van der Waals surface area (Å²) in [4.78, 5) is 14.9. The second kappa shape index (κ2) is 8.82. The summed E-state index contributed by atoms with van der Waals surface area (Å²) < 4.78 is 27.7. The van der Waals surface area contributed by atoms with E-state index in [4.69, 9.17) is 11.6 Å². The van der Waals surface area contributed by atoms with Gasteiger partial charge in [-0.1, -0.05) is 24.6 Å². The fourth-order valence-electron chi connectivity index (χ4n) is 3.06. The maximum atomic E-state index is 13.1. The Hall–Kier alpha value is -1.61. The molecule has 1 N–H and O–H groups in total. The molecule has 1 aromatic carbocycles. The Balaban J connectivity index is 1.73. The minimum Gasteiger partial charge on any atom is -0.369 e. The average molecular weight is 442 g/mol. The molecule has 28 heavy (non-hydrogen) atoms. The van der Waals surface area contributed by atoms with Crippen LogP contribution in [0.2, 0.25) is 5.02 Å². The van der Waals surface area contributed by atoms with E-state index in [0.717, 1.165) is 23.4 Å². The molecule has 0 saturated carbocycles. The van der Waals surface area contributed by atoms with E-state index in [2.05, 4.69) is 10.2 Å². The number of carbonyl (C=O) groups excluding carboxylic acids is 1. The van der Waals surface area contributed by atoms with Gasteiger partial charge < -0.3 is 10.2 Å². The lowest BCUT2D eigenvalue weighted by Crippen LogP contribution is -2.48. The van der Waals surface area contributed by atoms with Gasteiger partial charge in [0.25, 0.3) is 5.91 Å². The lowest BCUT2D eigenvalue weighted by molar-refractivity contribution is 0.0940. The van der Waals surface area contributed by atoms with Gasteiger partial charge in [0.15, 0.2) is 0 Å². The van der Waals surface area contributed by atoms with Gasteiger partial charge in [-0.3, -0.25) is 4.79 Å². The van der Waals surface area contributed by atoms with Crippen LogP contribution in [0, 0.1) is 0 Å². The molecule has 1 atom stereocenters. The zero-order chi connectivity index (χ0) is 20.3. The smallest absolute Gasteiger partial charge is 0.262 e. The Labute approximate surface area is 175 Å². The van der Waals surface area contributed by atoms with E-state index in [1.54, 1.807) is 5.38 Å². The van der Waals surface area contributed by atoms with Crippen molar-refractivity contribution in [1.29, 1.82) is 0 Å². The van der Waals surface area contributed by atoms with Crippen LogP contribution in [0.4, 0.5) is 5.69 Å². The molecule has 1 aromatic heterocycles. The zero-order valence-corrected chi connectivity index (χ0v) is 18.3. The number of halogens is 1. The quantitative estimate of drug-likeness (QED) is 0.745. The zero-order valence-electron chi connectivity index (χ0n) is 15.9. The Morgan fingerprint density at radius 3 is 2.61 bits per heavy atom. The molecule has 0 radical (unpaired) electrons. The molecule has 152 valence electrons. The Morgan fingerprint density at radius 2 is 1.96 bits per heavy atom. The number of anilines is 1. The summed E-state index contributed by atoms with van der Waals surface area (Å²) in [5.41, 5.74) is 0.980. The second-order valence-corrected chi connectivity index (χ2v) is 10.0. The highest BCUT2D eigenvalue weighted by Crippen LogP contribution is 2.27. The molecule has 2 heterocycles. The van der Waals surface area contributed by atoms with Crippen LogP contribution < -0.4 is 10.2 Å². The number of carbonyl (C=O) groups is 1. The summed E-state index contributed by atoms with van der Waals surface area (Å²) in [6.07, 6.45) is 0.782. The van der Waals surface area contributed by atoms with Gasteiger partial charge in [-0.25, -0.2) is 8.42 Å². The molecular formula is C19H24ClN3O3S2. The van der Waals surface area contributed by atoms with E-state index in [0.29, 0.717) is 31.2 Å². The summed E-state index contributed by atoms with van der Waals surface area (Å²) in [7, 11) is -3.72. The van der Waals surface area contributed by atoms with Crippen LogP contribution in [0.5, 0.6) is 0 Å². The van der Waals surface area contributed by atoms with Gasteiger partial charge in [0.05, 0.1) is 0 Å². The minimum atomic E-state index is -3.72. The highest BCUT2D eigenvalue weighted by Gasteiger charge is 2.32. The first-order valence-electron chi connectivity index (χ1n) is 9.22. The van der Waals surface area contributed by atoms with Crippen molar-refractivity contribution in [2.24, 2.45) is 0 Å². The fourth-order valence-corrected chi connectivity index (χ4v) is 5.97. The van der Waals surface area contributed by atoms with Gasteiger partial charge >= 0.3 is 0 Å². The predicted molar refractivity (Wildman–Crippen MR) is 114 cm³/mol. The summed E-state index contributed by atoms with van der Waals surface area (Å²) >= 11 is 7.21. The molecule has 1 amide bonds. The van der Waals surface area contributed by atoms with Crippen molar-refractivity contribution >= 4 is 44.6 Å². The molecule has 3 rings (SSSR count). The Bertz CT molecular complexity index is 937. The number of nitrogens with zero attached hydrogens (tertiary/aromatic N) is 2. The van der Waals surface area contributed by atoms with Crippen molar-refractivity contribution in [3.05, 3.63) is 45.6 Å². The molecule has 6 nitrogen and oxygen atoms in total. The molecule has 0 aliphatic carbocycles. The summed E-state index contributed by atoms with van der Waals surface area (Å²) in [5, 5.41) is 5.16. The van der Waals surface area contributed by atoms with Crippen molar-refractivity contribution in [3.63, 3.8) is 0 Å². The first-order valence-corrected chi connectivity index (χ1v) is 11.9. The Kier molecular flexibility index (Phi) is 6.65.